The number of hydrogen-bond donors (Lipinski definition) is 0. The van der Waals surface area contributed by atoms with Gasteiger partial charge in [-0.3, -0.25) is 0 Å². The molecule has 1 aromatic heterocycles. The van der Waals surface area contributed by atoms with Crippen molar-refractivity contribution in [3.63, 3.8) is 0 Å². The minimum atomic E-state index is 0.662. The van der Waals surface area contributed by atoms with E-state index in [1.807, 2.05) is 6.20 Å². The summed E-state index contributed by atoms with van der Waals surface area (Å²) in [5, 5.41) is 0. The first-order chi connectivity index (χ1) is 6.27. The van der Waals surface area contributed by atoms with Crippen molar-refractivity contribution < 1.29 is 0 Å². The molecular formula is C11H16N2. The van der Waals surface area contributed by atoms with Crippen molar-refractivity contribution >= 4 is 5.82 Å². The number of nitrogens with zero attached hydrogens (tertiary/aromatic N) is 2. The maximum absolute atomic E-state index is 4.44. The lowest BCUT2D eigenvalue weighted by molar-refractivity contribution is 0.727. The van der Waals surface area contributed by atoms with Crippen LogP contribution in [0.4, 0.5) is 5.82 Å². The lowest BCUT2D eigenvalue weighted by Gasteiger charge is -2.22. The average Bonchev–Trinajstić information content (AvgIpc) is 2.53. The van der Waals surface area contributed by atoms with Crippen LogP contribution < -0.4 is 4.90 Å². The van der Waals surface area contributed by atoms with E-state index in [1.54, 1.807) is 0 Å². The van der Waals surface area contributed by atoms with Gasteiger partial charge in [-0.1, -0.05) is 6.07 Å². The Hall–Kier alpha value is -1.05. The molecular weight excluding hydrogens is 160 g/mol. The van der Waals surface area contributed by atoms with Crippen LogP contribution in [-0.2, 0) is 0 Å². The van der Waals surface area contributed by atoms with E-state index in [-0.39, 0.29) is 0 Å². The highest BCUT2D eigenvalue weighted by Gasteiger charge is 2.20. The van der Waals surface area contributed by atoms with E-state index in [9.17, 15) is 0 Å². The first-order valence-electron chi connectivity index (χ1n) is 4.96. The first-order valence-corrected chi connectivity index (χ1v) is 4.96. The van der Waals surface area contributed by atoms with Gasteiger partial charge in [0.15, 0.2) is 0 Å². The van der Waals surface area contributed by atoms with Gasteiger partial charge in [0.2, 0.25) is 0 Å². The highest BCUT2D eigenvalue weighted by Crippen LogP contribution is 2.22. The predicted molar refractivity (Wildman–Crippen MR) is 55.0 cm³/mol. The van der Waals surface area contributed by atoms with Gasteiger partial charge in [-0.15, -0.1) is 0 Å². The molecule has 1 atom stereocenters. The van der Waals surface area contributed by atoms with Gasteiger partial charge in [-0.2, -0.15) is 0 Å². The zero-order valence-corrected chi connectivity index (χ0v) is 8.33. The van der Waals surface area contributed by atoms with Crippen LogP contribution in [0.1, 0.15) is 25.3 Å². The Balaban J connectivity index is 2.20. The number of pyridine rings is 1. The van der Waals surface area contributed by atoms with Gasteiger partial charge >= 0.3 is 0 Å². The largest absolute Gasteiger partial charge is 0.354 e. The van der Waals surface area contributed by atoms with Crippen LogP contribution in [-0.4, -0.2) is 17.6 Å². The topological polar surface area (TPSA) is 16.1 Å². The molecule has 0 radical (unpaired) electrons. The Morgan fingerprint density at radius 2 is 2.31 bits per heavy atom. The molecule has 2 nitrogen and oxygen atoms in total. The molecule has 0 spiro atoms. The molecule has 13 heavy (non-hydrogen) atoms. The van der Waals surface area contributed by atoms with Crippen molar-refractivity contribution in [2.24, 2.45) is 0 Å². The normalized spacial score (nSPS) is 22.3. The molecule has 2 heterocycles. The number of anilines is 1. The summed E-state index contributed by atoms with van der Waals surface area (Å²) in [7, 11) is 0. The molecule has 2 rings (SSSR count). The molecule has 2 heteroatoms. The van der Waals surface area contributed by atoms with E-state index in [2.05, 4.69) is 35.9 Å². The van der Waals surface area contributed by atoms with Gasteiger partial charge in [0.05, 0.1) is 0 Å². The second-order valence-corrected chi connectivity index (χ2v) is 3.88. The Kier molecular flexibility index (Phi) is 2.21. The fourth-order valence-electron chi connectivity index (χ4n) is 1.90. The van der Waals surface area contributed by atoms with Crippen molar-refractivity contribution in [3.8, 4) is 0 Å². The van der Waals surface area contributed by atoms with Crippen LogP contribution in [0.3, 0.4) is 0 Å². The van der Waals surface area contributed by atoms with Crippen LogP contribution in [0.25, 0.3) is 0 Å². The van der Waals surface area contributed by atoms with Crippen molar-refractivity contribution in [2.45, 2.75) is 32.7 Å². The van der Waals surface area contributed by atoms with Gasteiger partial charge in [0, 0.05) is 18.8 Å². The van der Waals surface area contributed by atoms with E-state index in [1.165, 1.54) is 18.4 Å². The second kappa shape index (κ2) is 3.36. The molecule has 1 unspecified atom stereocenters. The van der Waals surface area contributed by atoms with E-state index < -0.39 is 0 Å². The highest BCUT2D eigenvalue weighted by atomic mass is 15.2. The van der Waals surface area contributed by atoms with Gasteiger partial charge in [0.1, 0.15) is 5.82 Å². The first kappa shape index (κ1) is 8.54. The molecule has 1 saturated heterocycles. The number of hydrogen-bond acceptors (Lipinski definition) is 2. The van der Waals surface area contributed by atoms with Crippen molar-refractivity contribution in [2.75, 3.05) is 11.4 Å². The van der Waals surface area contributed by atoms with E-state index in [0.29, 0.717) is 6.04 Å². The maximum Gasteiger partial charge on any atom is 0.128 e. The molecule has 1 fully saturated rings. The Morgan fingerprint density at radius 1 is 1.46 bits per heavy atom. The molecule has 70 valence electrons. The number of aryl methyl sites for hydroxylation is 1. The van der Waals surface area contributed by atoms with E-state index >= 15 is 0 Å². The van der Waals surface area contributed by atoms with Crippen molar-refractivity contribution in [3.05, 3.63) is 23.9 Å². The van der Waals surface area contributed by atoms with Crippen LogP contribution >= 0.6 is 0 Å². The minimum Gasteiger partial charge on any atom is -0.354 e. The third kappa shape index (κ3) is 1.67. The summed E-state index contributed by atoms with van der Waals surface area (Å²) < 4.78 is 0. The fraction of sp³-hybridized carbons (Fsp3) is 0.545. The zero-order valence-electron chi connectivity index (χ0n) is 8.33. The van der Waals surface area contributed by atoms with Crippen LogP contribution in [0, 0.1) is 6.92 Å². The summed E-state index contributed by atoms with van der Waals surface area (Å²) in [4.78, 5) is 6.82. The second-order valence-electron chi connectivity index (χ2n) is 3.88. The summed E-state index contributed by atoms with van der Waals surface area (Å²) in [6, 6.07) is 4.92. The SMILES string of the molecule is Cc1ccc(N2CCCC2C)nc1. The average molecular weight is 176 g/mol. The summed E-state index contributed by atoms with van der Waals surface area (Å²) in [5.74, 6) is 1.13. The summed E-state index contributed by atoms with van der Waals surface area (Å²) in [5.41, 5.74) is 1.23. The number of rotatable bonds is 1. The third-order valence-electron chi connectivity index (χ3n) is 2.74. The maximum atomic E-state index is 4.44. The molecule has 1 aromatic rings. The summed E-state index contributed by atoms with van der Waals surface area (Å²) >= 11 is 0. The molecule has 0 saturated carbocycles. The molecule has 0 aromatic carbocycles. The van der Waals surface area contributed by atoms with Crippen molar-refractivity contribution in [1.82, 2.24) is 4.98 Å². The van der Waals surface area contributed by atoms with Crippen LogP contribution in [0.5, 0.6) is 0 Å². The third-order valence-corrected chi connectivity index (χ3v) is 2.74. The molecule has 0 N–H and O–H groups in total. The Bertz CT molecular complexity index is 279. The Labute approximate surface area is 79.6 Å². The molecule has 1 aliphatic rings. The fourth-order valence-corrected chi connectivity index (χ4v) is 1.90. The van der Waals surface area contributed by atoms with Gasteiger partial charge in [0.25, 0.3) is 0 Å². The van der Waals surface area contributed by atoms with Crippen LogP contribution in [0.15, 0.2) is 18.3 Å². The quantitative estimate of drug-likeness (QED) is 0.653. The van der Waals surface area contributed by atoms with Gasteiger partial charge in [-0.05, 0) is 38.3 Å². The van der Waals surface area contributed by atoms with E-state index in [0.717, 1.165) is 12.4 Å². The molecule has 0 aliphatic carbocycles. The Morgan fingerprint density at radius 3 is 2.85 bits per heavy atom. The summed E-state index contributed by atoms with van der Waals surface area (Å²) in [6.45, 7) is 5.51. The molecule has 0 bridgehead atoms. The lowest BCUT2D eigenvalue weighted by Crippen LogP contribution is -2.26. The number of aromatic nitrogens is 1. The predicted octanol–water partition coefficient (Wildman–Crippen LogP) is 2.38. The smallest absolute Gasteiger partial charge is 0.128 e. The van der Waals surface area contributed by atoms with Gasteiger partial charge in [-0.25, -0.2) is 4.98 Å². The highest BCUT2D eigenvalue weighted by molar-refractivity contribution is 5.41. The molecule has 0 amide bonds. The van der Waals surface area contributed by atoms with E-state index in [4.69, 9.17) is 0 Å². The molecule has 1 aliphatic heterocycles. The zero-order chi connectivity index (χ0) is 9.26. The minimum absolute atomic E-state index is 0.662. The van der Waals surface area contributed by atoms with Crippen molar-refractivity contribution in [1.29, 1.82) is 0 Å². The standard InChI is InChI=1S/C11H16N2/c1-9-5-6-11(12-8-9)13-7-3-4-10(13)2/h5-6,8,10H,3-4,7H2,1-2H3. The van der Waals surface area contributed by atoms with Crippen LogP contribution in [0.2, 0.25) is 0 Å². The monoisotopic (exact) mass is 176 g/mol. The van der Waals surface area contributed by atoms with Gasteiger partial charge < -0.3 is 4.90 Å². The lowest BCUT2D eigenvalue weighted by atomic mass is 10.2. The summed E-state index contributed by atoms with van der Waals surface area (Å²) in [6.07, 6.45) is 4.55.